The number of nitrogens with zero attached hydrogens (tertiary/aromatic N) is 2. The van der Waals surface area contributed by atoms with Gasteiger partial charge in [0, 0.05) is 25.2 Å². The average Bonchev–Trinajstić information content (AvgIpc) is 2.66. The van der Waals surface area contributed by atoms with Crippen LogP contribution in [0.15, 0.2) is 12.4 Å². The summed E-state index contributed by atoms with van der Waals surface area (Å²) in [6, 6.07) is 0. The van der Waals surface area contributed by atoms with Gasteiger partial charge in [-0.15, -0.1) is 0 Å². The van der Waals surface area contributed by atoms with Gasteiger partial charge in [0.25, 0.3) is 0 Å². The van der Waals surface area contributed by atoms with Crippen LogP contribution in [0.4, 0.5) is 0 Å². The van der Waals surface area contributed by atoms with Crippen LogP contribution in [0.1, 0.15) is 25.2 Å². The van der Waals surface area contributed by atoms with Crippen molar-refractivity contribution in [1.29, 1.82) is 0 Å². The first kappa shape index (κ1) is 15.4. The Balaban J connectivity index is 2.92. The summed E-state index contributed by atoms with van der Waals surface area (Å²) in [5, 5.41) is 19.7. The quantitative estimate of drug-likeness (QED) is 0.592. The predicted octanol–water partition coefficient (Wildman–Crippen LogP) is 0.281. The summed E-state index contributed by atoms with van der Waals surface area (Å²) in [6.45, 7) is 3.08. The van der Waals surface area contributed by atoms with Crippen molar-refractivity contribution in [2.75, 3.05) is 7.11 Å². The first-order valence-electron chi connectivity index (χ1n) is 5.92. The Hall–Kier alpha value is -1.66. The van der Waals surface area contributed by atoms with E-state index >= 15 is 0 Å². The number of aryl methyl sites for hydroxylation is 1. The number of methoxy groups -OCH3 is 1. The van der Waals surface area contributed by atoms with E-state index in [9.17, 15) is 15.0 Å². The highest BCUT2D eigenvalue weighted by atomic mass is 16.5. The van der Waals surface area contributed by atoms with Gasteiger partial charge in [0.05, 0.1) is 30.8 Å². The zero-order chi connectivity index (χ0) is 14.6. The SMILES string of the molecule is COC(=O)/C=C/c1ncn(C)c1CC(O)C(C)(C)O. The van der Waals surface area contributed by atoms with E-state index in [2.05, 4.69) is 9.72 Å². The van der Waals surface area contributed by atoms with Gasteiger partial charge in [-0.3, -0.25) is 0 Å². The summed E-state index contributed by atoms with van der Waals surface area (Å²) in [6.07, 6.45) is 3.69. The molecular formula is C13H20N2O4. The Bertz CT molecular complexity index is 471. The molecule has 0 saturated carbocycles. The van der Waals surface area contributed by atoms with Crippen LogP contribution in [0.3, 0.4) is 0 Å². The molecule has 1 unspecified atom stereocenters. The largest absolute Gasteiger partial charge is 0.466 e. The first-order chi connectivity index (χ1) is 8.75. The zero-order valence-electron chi connectivity index (χ0n) is 11.6. The van der Waals surface area contributed by atoms with Gasteiger partial charge < -0.3 is 19.5 Å². The molecule has 0 aliphatic carbocycles. The van der Waals surface area contributed by atoms with Crippen LogP contribution in [0.5, 0.6) is 0 Å². The third kappa shape index (κ3) is 4.18. The minimum absolute atomic E-state index is 0.237. The highest BCUT2D eigenvalue weighted by Crippen LogP contribution is 2.17. The van der Waals surface area contributed by atoms with Crippen molar-refractivity contribution in [3.8, 4) is 0 Å². The number of imidazole rings is 1. The van der Waals surface area contributed by atoms with Gasteiger partial charge in [0.15, 0.2) is 0 Å². The number of aromatic nitrogens is 2. The number of hydrogen-bond acceptors (Lipinski definition) is 5. The van der Waals surface area contributed by atoms with Crippen molar-refractivity contribution in [3.63, 3.8) is 0 Å². The fraction of sp³-hybridized carbons (Fsp3) is 0.538. The van der Waals surface area contributed by atoms with Gasteiger partial charge in [-0.05, 0) is 19.9 Å². The predicted molar refractivity (Wildman–Crippen MR) is 70.3 cm³/mol. The molecule has 1 rings (SSSR count). The Morgan fingerprint density at radius 1 is 1.63 bits per heavy atom. The molecule has 0 saturated heterocycles. The lowest BCUT2D eigenvalue weighted by molar-refractivity contribution is -0.134. The van der Waals surface area contributed by atoms with Crippen LogP contribution in [-0.4, -0.2) is 44.5 Å². The second kappa shape index (κ2) is 5.99. The second-order valence-electron chi connectivity index (χ2n) is 4.92. The molecule has 0 amide bonds. The summed E-state index contributed by atoms with van der Waals surface area (Å²) >= 11 is 0. The van der Waals surface area contributed by atoms with E-state index in [1.807, 2.05) is 0 Å². The fourth-order valence-electron chi connectivity index (χ4n) is 1.51. The molecule has 0 radical (unpaired) electrons. The number of esters is 1. The molecule has 19 heavy (non-hydrogen) atoms. The van der Waals surface area contributed by atoms with Crippen LogP contribution in [-0.2, 0) is 23.0 Å². The molecule has 0 aliphatic heterocycles. The van der Waals surface area contributed by atoms with Crippen LogP contribution >= 0.6 is 0 Å². The summed E-state index contributed by atoms with van der Waals surface area (Å²) in [4.78, 5) is 15.2. The van der Waals surface area contributed by atoms with Gasteiger partial charge in [-0.25, -0.2) is 9.78 Å². The zero-order valence-corrected chi connectivity index (χ0v) is 11.6. The Morgan fingerprint density at radius 2 is 2.26 bits per heavy atom. The lowest BCUT2D eigenvalue weighted by Gasteiger charge is -2.24. The van der Waals surface area contributed by atoms with E-state index < -0.39 is 17.7 Å². The molecule has 1 atom stereocenters. The number of aliphatic hydroxyl groups is 2. The van der Waals surface area contributed by atoms with Crippen LogP contribution in [0.2, 0.25) is 0 Å². The maximum absolute atomic E-state index is 11.1. The third-order valence-electron chi connectivity index (χ3n) is 2.87. The monoisotopic (exact) mass is 268 g/mol. The Morgan fingerprint density at radius 3 is 2.79 bits per heavy atom. The lowest BCUT2D eigenvalue weighted by atomic mass is 9.97. The normalized spacial score (nSPS) is 13.8. The fourth-order valence-corrected chi connectivity index (χ4v) is 1.51. The number of carbonyl (C=O) groups excluding carboxylic acids is 1. The van der Waals surface area contributed by atoms with Gasteiger partial charge in [0.2, 0.25) is 0 Å². The third-order valence-corrected chi connectivity index (χ3v) is 2.87. The summed E-state index contributed by atoms with van der Waals surface area (Å²) < 4.78 is 6.25. The molecule has 1 aromatic rings. The minimum Gasteiger partial charge on any atom is -0.466 e. The lowest BCUT2D eigenvalue weighted by Crippen LogP contribution is -2.37. The molecule has 106 valence electrons. The van der Waals surface area contributed by atoms with E-state index in [1.165, 1.54) is 33.1 Å². The van der Waals surface area contributed by atoms with Crippen LogP contribution in [0, 0.1) is 0 Å². The number of hydrogen-bond donors (Lipinski definition) is 2. The maximum Gasteiger partial charge on any atom is 0.330 e. The molecule has 0 bridgehead atoms. The van der Waals surface area contributed by atoms with E-state index in [-0.39, 0.29) is 6.42 Å². The van der Waals surface area contributed by atoms with Crippen molar-refractivity contribution >= 4 is 12.0 Å². The van der Waals surface area contributed by atoms with Gasteiger partial charge in [0.1, 0.15) is 0 Å². The molecule has 2 N–H and O–H groups in total. The summed E-state index contributed by atoms with van der Waals surface area (Å²) in [7, 11) is 3.08. The van der Waals surface area contributed by atoms with Crippen molar-refractivity contribution in [2.45, 2.75) is 32.0 Å². The number of rotatable bonds is 5. The molecule has 6 heteroatoms. The number of ether oxygens (including phenoxy) is 1. The smallest absolute Gasteiger partial charge is 0.330 e. The summed E-state index contributed by atoms with van der Waals surface area (Å²) in [5.74, 6) is -0.473. The molecule has 0 aromatic carbocycles. The van der Waals surface area contributed by atoms with E-state index in [0.29, 0.717) is 5.69 Å². The second-order valence-corrected chi connectivity index (χ2v) is 4.92. The van der Waals surface area contributed by atoms with Gasteiger partial charge >= 0.3 is 5.97 Å². The highest BCUT2D eigenvalue weighted by Gasteiger charge is 2.26. The van der Waals surface area contributed by atoms with Crippen molar-refractivity contribution in [2.24, 2.45) is 7.05 Å². The molecule has 1 heterocycles. The summed E-state index contributed by atoms with van der Waals surface area (Å²) in [5.41, 5.74) is 0.0964. The molecular weight excluding hydrogens is 248 g/mol. The average molecular weight is 268 g/mol. The van der Waals surface area contributed by atoms with E-state index in [0.717, 1.165) is 5.69 Å². The van der Waals surface area contributed by atoms with Crippen LogP contribution in [0.25, 0.3) is 6.08 Å². The minimum atomic E-state index is -1.20. The molecule has 1 aromatic heterocycles. The van der Waals surface area contributed by atoms with Crippen molar-refractivity contribution < 1.29 is 19.7 Å². The number of carbonyl (C=O) groups is 1. The topological polar surface area (TPSA) is 84.6 Å². The molecule has 6 nitrogen and oxygen atoms in total. The Kier molecular flexibility index (Phi) is 4.85. The first-order valence-corrected chi connectivity index (χ1v) is 5.92. The molecule has 0 fully saturated rings. The Labute approximate surface area is 112 Å². The molecule has 0 aliphatic rings. The molecule has 0 spiro atoms. The van der Waals surface area contributed by atoms with E-state index in [1.54, 1.807) is 17.9 Å². The standard InChI is InChI=1S/C13H20N2O4/c1-13(2,18)11(16)7-10-9(14-8-15(10)3)5-6-12(17)19-4/h5-6,8,11,16,18H,7H2,1-4H3/b6-5+. The van der Waals surface area contributed by atoms with Crippen molar-refractivity contribution in [1.82, 2.24) is 9.55 Å². The number of aliphatic hydroxyl groups excluding tert-OH is 1. The van der Waals surface area contributed by atoms with E-state index in [4.69, 9.17) is 0 Å². The maximum atomic E-state index is 11.1. The van der Waals surface area contributed by atoms with Crippen LogP contribution < -0.4 is 0 Å². The van der Waals surface area contributed by atoms with Gasteiger partial charge in [-0.1, -0.05) is 0 Å². The van der Waals surface area contributed by atoms with Gasteiger partial charge in [-0.2, -0.15) is 0 Å². The highest BCUT2D eigenvalue weighted by molar-refractivity contribution is 5.86. The van der Waals surface area contributed by atoms with Crippen molar-refractivity contribution in [3.05, 3.63) is 23.8 Å².